The van der Waals surface area contributed by atoms with Crippen molar-refractivity contribution in [1.29, 1.82) is 0 Å². The molecule has 0 unspecified atom stereocenters. The number of aromatic nitrogens is 2. The van der Waals surface area contributed by atoms with Gasteiger partial charge in [-0.15, -0.1) is 0 Å². The first-order chi connectivity index (χ1) is 7.66. The van der Waals surface area contributed by atoms with Crippen LogP contribution in [0.15, 0.2) is 12.3 Å². The molecule has 90 valence electrons. The number of carbonyl (C=O) groups excluding carboxylic acids is 1. The van der Waals surface area contributed by atoms with Gasteiger partial charge < -0.3 is 4.90 Å². The Hall–Kier alpha value is -0.970. The number of hydrogen-bond acceptors (Lipinski definition) is 3. The fourth-order valence-electron chi connectivity index (χ4n) is 1.36. The topological polar surface area (TPSA) is 49.0 Å². The fourth-order valence-corrected chi connectivity index (χ4v) is 2.15. The molecule has 1 aromatic heterocycles. The van der Waals surface area contributed by atoms with E-state index in [1.54, 1.807) is 17.2 Å². The van der Waals surface area contributed by atoms with E-state index in [-0.39, 0.29) is 11.9 Å². The van der Waals surface area contributed by atoms with E-state index in [2.05, 4.69) is 24.0 Å². The Bertz CT molecular complexity index is 313. The minimum absolute atomic E-state index is 0.00602. The summed E-state index contributed by atoms with van der Waals surface area (Å²) in [5.41, 5.74) is 0.553. The highest BCUT2D eigenvalue weighted by atomic mass is 32.2. The second-order valence-corrected chi connectivity index (χ2v) is 5.11. The highest BCUT2D eigenvalue weighted by molar-refractivity contribution is 7.99. The third-order valence-electron chi connectivity index (χ3n) is 2.60. The average molecular weight is 241 g/mol. The summed E-state index contributed by atoms with van der Waals surface area (Å²) < 4.78 is 0. The van der Waals surface area contributed by atoms with Crippen LogP contribution in [0.1, 0.15) is 30.8 Å². The average Bonchev–Trinajstić information content (AvgIpc) is 2.80. The molecule has 0 saturated heterocycles. The lowest BCUT2D eigenvalue weighted by atomic mass is 10.2. The maximum Gasteiger partial charge on any atom is 0.271 e. The van der Waals surface area contributed by atoms with Crippen LogP contribution in [0, 0.1) is 0 Å². The van der Waals surface area contributed by atoms with Crippen molar-refractivity contribution >= 4 is 17.7 Å². The molecule has 16 heavy (non-hydrogen) atoms. The Balaban J connectivity index is 2.44. The van der Waals surface area contributed by atoms with Gasteiger partial charge >= 0.3 is 0 Å². The number of rotatable bonds is 6. The fraction of sp³-hybridized carbons (Fsp3) is 0.636. The quantitative estimate of drug-likeness (QED) is 0.775. The smallest absolute Gasteiger partial charge is 0.271 e. The van der Waals surface area contributed by atoms with Crippen molar-refractivity contribution < 1.29 is 4.79 Å². The monoisotopic (exact) mass is 241 g/mol. The summed E-state index contributed by atoms with van der Waals surface area (Å²) in [5, 5.41) is 6.48. The van der Waals surface area contributed by atoms with Crippen molar-refractivity contribution in [3.63, 3.8) is 0 Å². The normalized spacial score (nSPS) is 12.4. The molecule has 1 heterocycles. The van der Waals surface area contributed by atoms with Crippen LogP contribution in [-0.2, 0) is 0 Å². The summed E-state index contributed by atoms with van der Waals surface area (Å²) >= 11 is 1.90. The van der Waals surface area contributed by atoms with E-state index in [0.29, 0.717) is 5.69 Å². The number of nitrogens with one attached hydrogen (secondary N) is 1. The highest BCUT2D eigenvalue weighted by Crippen LogP contribution is 2.10. The summed E-state index contributed by atoms with van der Waals surface area (Å²) in [6.07, 6.45) is 2.62. The lowest BCUT2D eigenvalue weighted by Gasteiger charge is -2.24. The second kappa shape index (κ2) is 6.58. The van der Waals surface area contributed by atoms with Crippen molar-refractivity contribution in [2.45, 2.75) is 26.3 Å². The summed E-state index contributed by atoms with van der Waals surface area (Å²) in [4.78, 5) is 13.7. The van der Waals surface area contributed by atoms with Crippen molar-refractivity contribution in [3.05, 3.63) is 18.0 Å². The number of hydrogen-bond donors (Lipinski definition) is 1. The van der Waals surface area contributed by atoms with Crippen LogP contribution >= 0.6 is 11.8 Å². The molecule has 0 aliphatic rings. The van der Waals surface area contributed by atoms with Gasteiger partial charge in [0.2, 0.25) is 0 Å². The Morgan fingerprint density at radius 3 is 3.00 bits per heavy atom. The number of thioether (sulfide) groups is 1. The predicted octanol–water partition coefficient (Wildman–Crippen LogP) is 2.01. The molecule has 0 aromatic carbocycles. The Morgan fingerprint density at radius 1 is 1.69 bits per heavy atom. The Labute approximate surface area is 101 Å². The van der Waals surface area contributed by atoms with Gasteiger partial charge in [0.15, 0.2) is 0 Å². The molecule has 1 atom stereocenters. The molecular formula is C11H19N3OS. The van der Waals surface area contributed by atoms with Crippen molar-refractivity contribution in [3.8, 4) is 0 Å². The molecule has 1 amide bonds. The maximum absolute atomic E-state index is 11.9. The SMILES string of the molecule is CCSCC[C@@H](C)N(C)C(=O)c1ccn[nH]1. The molecule has 1 rings (SSSR count). The lowest BCUT2D eigenvalue weighted by Crippen LogP contribution is -2.35. The van der Waals surface area contributed by atoms with Crippen LogP contribution in [-0.4, -0.2) is 45.6 Å². The molecule has 1 aromatic rings. The first-order valence-corrected chi connectivity index (χ1v) is 6.66. The van der Waals surface area contributed by atoms with Gasteiger partial charge in [0.25, 0.3) is 5.91 Å². The predicted molar refractivity (Wildman–Crippen MR) is 67.8 cm³/mol. The third kappa shape index (κ3) is 3.56. The van der Waals surface area contributed by atoms with Gasteiger partial charge in [-0.2, -0.15) is 16.9 Å². The maximum atomic E-state index is 11.9. The minimum Gasteiger partial charge on any atom is -0.338 e. The highest BCUT2D eigenvalue weighted by Gasteiger charge is 2.17. The lowest BCUT2D eigenvalue weighted by molar-refractivity contribution is 0.0735. The number of H-pyrrole nitrogens is 1. The molecule has 0 aliphatic carbocycles. The van der Waals surface area contributed by atoms with Gasteiger partial charge in [-0.3, -0.25) is 9.89 Å². The van der Waals surface area contributed by atoms with Gasteiger partial charge in [0.1, 0.15) is 5.69 Å². The molecule has 0 aliphatic heterocycles. The van der Waals surface area contributed by atoms with E-state index in [9.17, 15) is 4.79 Å². The van der Waals surface area contributed by atoms with Gasteiger partial charge in [0.05, 0.1) is 0 Å². The van der Waals surface area contributed by atoms with Crippen molar-refractivity contribution in [1.82, 2.24) is 15.1 Å². The Kier molecular flexibility index (Phi) is 5.38. The molecule has 0 spiro atoms. The molecule has 4 nitrogen and oxygen atoms in total. The third-order valence-corrected chi connectivity index (χ3v) is 3.53. The zero-order chi connectivity index (χ0) is 12.0. The van der Waals surface area contributed by atoms with Crippen molar-refractivity contribution in [2.24, 2.45) is 0 Å². The summed E-state index contributed by atoms with van der Waals surface area (Å²) in [6.45, 7) is 4.22. The Morgan fingerprint density at radius 2 is 2.44 bits per heavy atom. The van der Waals surface area contributed by atoms with E-state index in [1.807, 2.05) is 18.8 Å². The van der Waals surface area contributed by atoms with Crippen LogP contribution in [0.2, 0.25) is 0 Å². The van der Waals surface area contributed by atoms with Gasteiger partial charge in [-0.25, -0.2) is 0 Å². The zero-order valence-corrected chi connectivity index (χ0v) is 10.9. The molecule has 0 saturated carbocycles. The van der Waals surface area contributed by atoms with Crippen LogP contribution < -0.4 is 0 Å². The molecule has 1 N–H and O–H groups in total. The second-order valence-electron chi connectivity index (χ2n) is 3.72. The first kappa shape index (κ1) is 13.1. The number of nitrogens with zero attached hydrogens (tertiary/aromatic N) is 2. The van der Waals surface area contributed by atoms with E-state index in [1.165, 1.54) is 0 Å². The zero-order valence-electron chi connectivity index (χ0n) is 10.1. The molecule has 0 radical (unpaired) electrons. The largest absolute Gasteiger partial charge is 0.338 e. The minimum atomic E-state index is 0.00602. The van der Waals surface area contributed by atoms with Crippen LogP contribution in [0.5, 0.6) is 0 Å². The first-order valence-electron chi connectivity index (χ1n) is 5.51. The molecule has 0 fully saturated rings. The number of carbonyl (C=O) groups is 1. The summed E-state index contributed by atoms with van der Waals surface area (Å²) in [7, 11) is 1.84. The summed E-state index contributed by atoms with van der Waals surface area (Å²) in [5.74, 6) is 2.23. The van der Waals surface area contributed by atoms with Gasteiger partial charge in [-0.1, -0.05) is 6.92 Å². The molecular weight excluding hydrogens is 222 g/mol. The van der Waals surface area contributed by atoms with Crippen LogP contribution in [0.4, 0.5) is 0 Å². The number of amides is 1. The molecule has 5 heteroatoms. The van der Waals surface area contributed by atoms with Gasteiger partial charge in [0, 0.05) is 19.3 Å². The summed E-state index contributed by atoms with van der Waals surface area (Å²) in [6, 6.07) is 1.96. The van der Waals surface area contributed by atoms with Gasteiger partial charge in [-0.05, 0) is 30.9 Å². The van der Waals surface area contributed by atoms with Crippen molar-refractivity contribution in [2.75, 3.05) is 18.6 Å². The van der Waals surface area contributed by atoms with E-state index >= 15 is 0 Å². The number of aromatic amines is 1. The van der Waals surface area contributed by atoms with Crippen LogP contribution in [0.3, 0.4) is 0 Å². The standard InChI is InChI=1S/C11H19N3OS/c1-4-16-8-6-9(2)14(3)11(15)10-5-7-12-13-10/h5,7,9H,4,6,8H2,1-3H3,(H,12,13)/t9-/m1/s1. The van der Waals surface area contributed by atoms with E-state index in [0.717, 1.165) is 17.9 Å². The van der Waals surface area contributed by atoms with Crippen LogP contribution in [0.25, 0.3) is 0 Å². The van der Waals surface area contributed by atoms with E-state index in [4.69, 9.17) is 0 Å². The van der Waals surface area contributed by atoms with E-state index < -0.39 is 0 Å². The molecule has 0 bridgehead atoms.